The maximum absolute atomic E-state index is 12.2. The van der Waals surface area contributed by atoms with Gasteiger partial charge in [-0.2, -0.15) is 0 Å². The van der Waals surface area contributed by atoms with Gasteiger partial charge < -0.3 is 15.2 Å². The van der Waals surface area contributed by atoms with Crippen LogP contribution in [0, 0.1) is 0 Å². The molecule has 4 heteroatoms. The fraction of sp³-hybridized carbons (Fsp3) is 0.389. The van der Waals surface area contributed by atoms with Crippen LogP contribution in [0.2, 0.25) is 0 Å². The molecule has 1 rings (SSSR count). The molecule has 2 N–H and O–H groups in total. The van der Waals surface area contributed by atoms with Gasteiger partial charge >= 0.3 is 6.09 Å². The van der Waals surface area contributed by atoms with Crippen molar-refractivity contribution in [1.82, 2.24) is 5.32 Å². The Kier molecular flexibility index (Phi) is 5.80. The van der Waals surface area contributed by atoms with Gasteiger partial charge in [0.2, 0.25) is 0 Å². The third kappa shape index (κ3) is 4.65. The minimum absolute atomic E-state index is 0.113. The van der Waals surface area contributed by atoms with Gasteiger partial charge in [-0.05, 0) is 39.7 Å². The number of hydrogen-bond donors (Lipinski definition) is 2. The van der Waals surface area contributed by atoms with Crippen molar-refractivity contribution in [2.75, 3.05) is 0 Å². The van der Waals surface area contributed by atoms with E-state index in [2.05, 4.69) is 18.5 Å². The molecule has 0 aliphatic rings. The molecule has 120 valence electrons. The smallest absolute Gasteiger partial charge is 0.408 e. The Labute approximate surface area is 132 Å². The largest absolute Gasteiger partial charge is 0.508 e. The Hall–Kier alpha value is -2.23. The lowest BCUT2D eigenvalue weighted by Gasteiger charge is -2.35. The zero-order valence-electron chi connectivity index (χ0n) is 13.6. The van der Waals surface area contributed by atoms with Gasteiger partial charge in [-0.1, -0.05) is 30.4 Å². The highest BCUT2D eigenvalue weighted by Gasteiger charge is 2.35. The number of phenols is 1. The monoisotopic (exact) mass is 303 g/mol. The minimum atomic E-state index is -0.836. The van der Waals surface area contributed by atoms with E-state index in [1.165, 1.54) is 0 Å². The van der Waals surface area contributed by atoms with Crippen LogP contribution in [-0.2, 0) is 10.3 Å². The second-order valence-corrected chi connectivity index (χ2v) is 6.21. The molecule has 0 saturated heterocycles. The minimum Gasteiger partial charge on any atom is -0.508 e. The Morgan fingerprint density at radius 2 is 1.77 bits per heavy atom. The number of amides is 1. The molecule has 0 bridgehead atoms. The van der Waals surface area contributed by atoms with Crippen molar-refractivity contribution < 1.29 is 14.6 Å². The highest BCUT2D eigenvalue weighted by atomic mass is 16.6. The lowest BCUT2D eigenvalue weighted by Crippen LogP contribution is -2.47. The highest BCUT2D eigenvalue weighted by Crippen LogP contribution is 2.36. The molecule has 0 radical (unpaired) electrons. The van der Waals surface area contributed by atoms with Gasteiger partial charge in [-0.15, -0.1) is 13.2 Å². The van der Waals surface area contributed by atoms with Crippen molar-refractivity contribution >= 4 is 6.09 Å². The molecular formula is C18H25NO3. The van der Waals surface area contributed by atoms with E-state index in [1.54, 1.807) is 51.1 Å². The van der Waals surface area contributed by atoms with Crippen LogP contribution in [0.25, 0.3) is 0 Å². The van der Waals surface area contributed by atoms with E-state index in [0.29, 0.717) is 18.4 Å². The van der Waals surface area contributed by atoms with Gasteiger partial charge in [0.15, 0.2) is 0 Å². The molecule has 0 saturated carbocycles. The lowest BCUT2D eigenvalue weighted by molar-refractivity contribution is 0.0452. The summed E-state index contributed by atoms with van der Waals surface area (Å²) >= 11 is 0. The normalized spacial score (nSPS) is 11.6. The summed E-state index contributed by atoms with van der Waals surface area (Å²) in [7, 11) is 0. The SMILES string of the molecule is C=CCC(CC=C)(NC(=O)OC(C)(C)C)c1ccccc1O. The average Bonchev–Trinajstić information content (AvgIpc) is 2.37. The predicted octanol–water partition coefficient (Wildman–Crippen LogP) is 4.26. The second-order valence-electron chi connectivity index (χ2n) is 6.21. The summed E-state index contributed by atoms with van der Waals surface area (Å²) in [5, 5.41) is 13.1. The molecule has 0 aliphatic carbocycles. The van der Waals surface area contributed by atoms with Gasteiger partial charge in [0, 0.05) is 5.56 Å². The second kappa shape index (κ2) is 7.16. The summed E-state index contributed by atoms with van der Waals surface area (Å²) < 4.78 is 5.35. The summed E-state index contributed by atoms with van der Waals surface area (Å²) in [6.07, 6.45) is 3.74. The Balaban J connectivity index is 3.22. The first-order valence-electron chi connectivity index (χ1n) is 7.25. The summed E-state index contributed by atoms with van der Waals surface area (Å²) in [6, 6.07) is 6.92. The zero-order valence-corrected chi connectivity index (χ0v) is 13.6. The van der Waals surface area contributed by atoms with Crippen molar-refractivity contribution in [3.05, 3.63) is 55.1 Å². The maximum Gasteiger partial charge on any atom is 0.408 e. The van der Waals surface area contributed by atoms with Crippen molar-refractivity contribution in [3.63, 3.8) is 0 Å². The Morgan fingerprint density at radius 3 is 2.23 bits per heavy atom. The first-order chi connectivity index (χ1) is 10.2. The molecule has 1 aromatic rings. The first-order valence-corrected chi connectivity index (χ1v) is 7.25. The summed E-state index contributed by atoms with van der Waals surface area (Å²) in [5.41, 5.74) is -0.825. The molecule has 22 heavy (non-hydrogen) atoms. The van der Waals surface area contributed by atoms with Crippen LogP contribution in [0.3, 0.4) is 0 Å². The summed E-state index contributed by atoms with van der Waals surface area (Å²) in [4.78, 5) is 12.2. The molecule has 1 aromatic carbocycles. The standard InChI is InChI=1S/C18H25NO3/c1-6-12-18(13-7-2,14-10-8-9-11-15(14)20)19-16(21)22-17(3,4)5/h6-11,20H,1-2,12-13H2,3-5H3,(H,19,21). The molecule has 4 nitrogen and oxygen atoms in total. The third-order valence-electron chi connectivity index (χ3n) is 3.15. The van der Waals surface area contributed by atoms with Crippen LogP contribution >= 0.6 is 0 Å². The predicted molar refractivity (Wildman–Crippen MR) is 88.8 cm³/mol. The molecule has 0 atom stereocenters. The number of para-hydroxylation sites is 1. The third-order valence-corrected chi connectivity index (χ3v) is 3.15. The highest BCUT2D eigenvalue weighted by molar-refractivity contribution is 5.69. The van der Waals surface area contributed by atoms with E-state index < -0.39 is 17.2 Å². The number of hydrogen-bond acceptors (Lipinski definition) is 3. The van der Waals surface area contributed by atoms with Crippen LogP contribution in [0.5, 0.6) is 5.75 Å². The number of phenolic OH excluding ortho intramolecular Hbond substituents is 1. The molecule has 0 fully saturated rings. The maximum atomic E-state index is 12.2. The molecular weight excluding hydrogens is 278 g/mol. The molecule has 0 spiro atoms. The van der Waals surface area contributed by atoms with Crippen LogP contribution in [0.1, 0.15) is 39.2 Å². The fourth-order valence-corrected chi connectivity index (χ4v) is 2.34. The summed E-state index contributed by atoms with van der Waals surface area (Å²) in [5.74, 6) is 0.113. The number of carbonyl (C=O) groups is 1. The fourth-order valence-electron chi connectivity index (χ4n) is 2.34. The van der Waals surface area contributed by atoms with Gasteiger partial charge in [-0.3, -0.25) is 0 Å². The topological polar surface area (TPSA) is 58.6 Å². The number of nitrogens with one attached hydrogen (secondary N) is 1. The van der Waals surface area contributed by atoms with Gasteiger partial charge in [0.25, 0.3) is 0 Å². The van der Waals surface area contributed by atoms with Crippen LogP contribution in [0.15, 0.2) is 49.6 Å². The Bertz CT molecular complexity index is 534. The molecule has 0 aromatic heterocycles. The van der Waals surface area contributed by atoms with E-state index in [0.717, 1.165) is 0 Å². The number of ether oxygens (including phenoxy) is 1. The van der Waals surface area contributed by atoms with E-state index in [1.807, 2.05) is 6.07 Å². The summed E-state index contributed by atoms with van der Waals surface area (Å²) in [6.45, 7) is 12.9. The van der Waals surface area contributed by atoms with E-state index in [9.17, 15) is 9.90 Å². The van der Waals surface area contributed by atoms with Crippen LogP contribution in [-0.4, -0.2) is 16.8 Å². The zero-order chi connectivity index (χ0) is 16.8. The van der Waals surface area contributed by atoms with Gasteiger partial charge in [0.05, 0.1) is 5.54 Å². The van der Waals surface area contributed by atoms with Gasteiger partial charge in [-0.25, -0.2) is 4.79 Å². The number of aromatic hydroxyl groups is 1. The molecule has 0 unspecified atom stereocenters. The van der Waals surface area contributed by atoms with E-state index in [4.69, 9.17) is 4.74 Å². The van der Waals surface area contributed by atoms with Crippen molar-refractivity contribution in [1.29, 1.82) is 0 Å². The molecule has 0 heterocycles. The Morgan fingerprint density at radius 1 is 1.23 bits per heavy atom. The first kappa shape index (κ1) is 17.8. The lowest BCUT2D eigenvalue weighted by atomic mass is 9.83. The number of carbonyl (C=O) groups excluding carboxylic acids is 1. The van der Waals surface area contributed by atoms with Crippen molar-refractivity contribution in [3.8, 4) is 5.75 Å². The number of alkyl carbamates (subject to hydrolysis) is 1. The van der Waals surface area contributed by atoms with E-state index >= 15 is 0 Å². The van der Waals surface area contributed by atoms with Crippen molar-refractivity contribution in [2.45, 2.75) is 44.8 Å². The van der Waals surface area contributed by atoms with Crippen LogP contribution in [0.4, 0.5) is 4.79 Å². The quantitative estimate of drug-likeness (QED) is 0.772. The van der Waals surface area contributed by atoms with Crippen LogP contribution < -0.4 is 5.32 Å². The number of benzene rings is 1. The van der Waals surface area contributed by atoms with Gasteiger partial charge in [0.1, 0.15) is 11.4 Å². The van der Waals surface area contributed by atoms with E-state index in [-0.39, 0.29) is 5.75 Å². The number of rotatable bonds is 6. The van der Waals surface area contributed by atoms with Crippen molar-refractivity contribution in [2.24, 2.45) is 0 Å². The molecule has 1 amide bonds. The molecule has 0 aliphatic heterocycles. The average molecular weight is 303 g/mol.